The molecule has 102 valence electrons. The second kappa shape index (κ2) is 6.37. The van der Waals surface area contributed by atoms with E-state index in [0.29, 0.717) is 5.69 Å². The van der Waals surface area contributed by atoms with Crippen molar-refractivity contribution < 1.29 is 12.6 Å². The Morgan fingerprint density at radius 2 is 2.17 bits per heavy atom. The Labute approximate surface area is 110 Å². The molecule has 1 rings (SSSR count). The van der Waals surface area contributed by atoms with E-state index >= 15 is 0 Å². The van der Waals surface area contributed by atoms with Gasteiger partial charge in [-0.15, -0.1) is 0 Å². The van der Waals surface area contributed by atoms with Crippen molar-refractivity contribution in [3.63, 3.8) is 0 Å². The minimum atomic E-state index is -3.60. The summed E-state index contributed by atoms with van der Waals surface area (Å²) >= 11 is 0. The lowest BCUT2D eigenvalue weighted by Gasteiger charge is -2.10. The van der Waals surface area contributed by atoms with Crippen molar-refractivity contribution in [1.82, 2.24) is 9.71 Å². The van der Waals surface area contributed by atoms with Crippen molar-refractivity contribution in [2.24, 2.45) is 5.73 Å². The van der Waals surface area contributed by atoms with Gasteiger partial charge in [-0.25, -0.2) is 13.1 Å². The molecule has 2 atom stereocenters. The summed E-state index contributed by atoms with van der Waals surface area (Å²) in [5, 5.41) is -0.240. The minimum absolute atomic E-state index is 0.0776. The molecule has 1 aromatic rings. The summed E-state index contributed by atoms with van der Waals surface area (Å²) in [7, 11) is -4.67. The third kappa shape index (κ3) is 4.13. The van der Waals surface area contributed by atoms with Crippen LogP contribution in [0.5, 0.6) is 0 Å². The molecule has 0 aromatic carbocycles. The van der Waals surface area contributed by atoms with Crippen molar-refractivity contribution in [3.05, 3.63) is 24.0 Å². The van der Waals surface area contributed by atoms with Gasteiger partial charge in [-0.05, 0) is 19.1 Å². The predicted octanol–water partition coefficient (Wildman–Crippen LogP) is -0.414. The smallest absolute Gasteiger partial charge is 0.242 e. The van der Waals surface area contributed by atoms with Crippen molar-refractivity contribution in [3.8, 4) is 0 Å². The number of pyridine rings is 1. The molecule has 0 bridgehead atoms. The molecule has 0 saturated carbocycles. The van der Waals surface area contributed by atoms with Gasteiger partial charge in [-0.1, -0.05) is 0 Å². The summed E-state index contributed by atoms with van der Waals surface area (Å²) in [5.41, 5.74) is 6.00. The Morgan fingerprint density at radius 1 is 1.50 bits per heavy atom. The van der Waals surface area contributed by atoms with Crippen molar-refractivity contribution >= 4 is 20.8 Å². The topological polar surface area (TPSA) is 102 Å². The number of hydrogen-bond acceptors (Lipinski definition) is 5. The van der Waals surface area contributed by atoms with Crippen LogP contribution < -0.4 is 10.5 Å². The second-order valence-corrected chi connectivity index (χ2v) is 7.42. The van der Waals surface area contributed by atoms with Gasteiger partial charge in [0.2, 0.25) is 10.0 Å². The average Bonchev–Trinajstić information content (AvgIpc) is 2.36. The van der Waals surface area contributed by atoms with Crippen LogP contribution in [0.3, 0.4) is 0 Å². The zero-order chi connectivity index (χ0) is 13.8. The Bertz CT molecular complexity index is 514. The van der Waals surface area contributed by atoms with Crippen molar-refractivity contribution in [2.45, 2.75) is 23.6 Å². The largest absolute Gasteiger partial charge is 0.325 e. The highest BCUT2D eigenvalue weighted by Crippen LogP contribution is 2.07. The summed E-state index contributed by atoms with van der Waals surface area (Å²) < 4.78 is 37.3. The second-order valence-electron chi connectivity index (χ2n) is 3.85. The van der Waals surface area contributed by atoms with Gasteiger partial charge >= 0.3 is 0 Å². The van der Waals surface area contributed by atoms with Gasteiger partial charge in [0, 0.05) is 41.6 Å². The van der Waals surface area contributed by atoms with Crippen LogP contribution in [0.4, 0.5) is 0 Å². The van der Waals surface area contributed by atoms with Crippen LogP contribution in [0.2, 0.25) is 0 Å². The van der Waals surface area contributed by atoms with E-state index < -0.39 is 20.8 Å². The van der Waals surface area contributed by atoms with Gasteiger partial charge in [0.05, 0.1) is 5.69 Å². The molecule has 0 fully saturated rings. The van der Waals surface area contributed by atoms with E-state index in [1.165, 1.54) is 18.5 Å². The first-order valence-corrected chi connectivity index (χ1v) is 8.44. The monoisotopic (exact) mass is 291 g/mol. The van der Waals surface area contributed by atoms with Gasteiger partial charge < -0.3 is 5.73 Å². The molecule has 3 N–H and O–H groups in total. The molecule has 1 heterocycles. The van der Waals surface area contributed by atoms with Gasteiger partial charge in [0.1, 0.15) is 4.90 Å². The molecule has 0 radical (unpaired) electrons. The van der Waals surface area contributed by atoms with E-state index in [0.717, 1.165) is 0 Å². The van der Waals surface area contributed by atoms with Crippen molar-refractivity contribution in [2.75, 3.05) is 12.8 Å². The molecule has 0 saturated heterocycles. The molecular formula is C10H17N3O3S2. The van der Waals surface area contributed by atoms with Crippen LogP contribution in [-0.4, -0.2) is 35.7 Å². The first-order valence-electron chi connectivity index (χ1n) is 5.33. The van der Waals surface area contributed by atoms with E-state index in [2.05, 4.69) is 9.71 Å². The highest BCUT2D eigenvalue weighted by Gasteiger charge is 2.16. The van der Waals surface area contributed by atoms with E-state index in [-0.39, 0.29) is 23.2 Å². The highest BCUT2D eigenvalue weighted by atomic mass is 32.2. The lowest BCUT2D eigenvalue weighted by molar-refractivity contribution is 0.580. The molecule has 2 unspecified atom stereocenters. The molecule has 8 heteroatoms. The Kier molecular flexibility index (Phi) is 5.39. The lowest BCUT2D eigenvalue weighted by atomic mass is 10.4. The van der Waals surface area contributed by atoms with Crippen LogP contribution in [-0.2, 0) is 27.4 Å². The Hall–Kier alpha value is -0.830. The zero-order valence-corrected chi connectivity index (χ0v) is 11.9. The average molecular weight is 291 g/mol. The molecule has 0 aliphatic heterocycles. The first kappa shape index (κ1) is 15.2. The van der Waals surface area contributed by atoms with E-state index in [4.69, 9.17) is 5.73 Å². The lowest BCUT2D eigenvalue weighted by Crippen LogP contribution is -2.32. The number of hydrogen-bond donors (Lipinski definition) is 2. The Morgan fingerprint density at radius 3 is 2.61 bits per heavy atom. The van der Waals surface area contributed by atoms with Crippen molar-refractivity contribution in [1.29, 1.82) is 0 Å². The molecule has 6 nitrogen and oxygen atoms in total. The summed E-state index contributed by atoms with van der Waals surface area (Å²) in [6, 6.07) is 3.01. The predicted molar refractivity (Wildman–Crippen MR) is 70.8 cm³/mol. The maximum absolute atomic E-state index is 11.9. The van der Waals surface area contributed by atoms with Crippen LogP contribution in [0, 0.1) is 0 Å². The first-order chi connectivity index (χ1) is 8.36. The molecule has 0 amide bonds. The zero-order valence-electron chi connectivity index (χ0n) is 10.3. The maximum atomic E-state index is 11.9. The van der Waals surface area contributed by atoms with Crippen LogP contribution >= 0.6 is 0 Å². The number of rotatable bonds is 6. The highest BCUT2D eigenvalue weighted by molar-refractivity contribution is 7.89. The summed E-state index contributed by atoms with van der Waals surface area (Å²) in [5.74, 6) is 0. The van der Waals surface area contributed by atoms with E-state index in [1.54, 1.807) is 13.0 Å². The molecule has 18 heavy (non-hydrogen) atoms. The third-order valence-corrected chi connectivity index (χ3v) is 5.15. The molecular weight excluding hydrogens is 274 g/mol. The van der Waals surface area contributed by atoms with Gasteiger partial charge in [0.25, 0.3) is 0 Å². The fraction of sp³-hybridized carbons (Fsp3) is 0.500. The van der Waals surface area contributed by atoms with Gasteiger partial charge in [0.15, 0.2) is 0 Å². The number of sulfonamides is 1. The normalized spacial score (nSPS) is 15.3. The maximum Gasteiger partial charge on any atom is 0.242 e. The summed E-state index contributed by atoms with van der Waals surface area (Å²) in [6.07, 6.45) is 2.80. The fourth-order valence-electron chi connectivity index (χ4n) is 1.12. The van der Waals surface area contributed by atoms with E-state index in [1.807, 2.05) is 0 Å². The summed E-state index contributed by atoms with van der Waals surface area (Å²) in [6.45, 7) is 2.11. The standard InChI is InChI=1S/C10H17N3O3S2/c1-8(17(2)14)6-13-18(15,16)10-4-3-9(5-11)12-7-10/h3-4,7-8,13H,5-6,11H2,1-2H3. The SMILES string of the molecule is CC(CNS(=O)(=O)c1ccc(CN)nc1)S(C)=O. The molecule has 1 aromatic heterocycles. The number of nitrogens with two attached hydrogens (primary N) is 1. The van der Waals surface area contributed by atoms with Gasteiger partial charge in [-0.3, -0.25) is 9.19 Å². The molecule has 0 aliphatic rings. The minimum Gasteiger partial charge on any atom is -0.325 e. The quantitative estimate of drug-likeness (QED) is 0.741. The molecule has 0 aliphatic carbocycles. The van der Waals surface area contributed by atoms with Crippen LogP contribution in [0.1, 0.15) is 12.6 Å². The summed E-state index contributed by atoms with van der Waals surface area (Å²) in [4.78, 5) is 4.00. The molecule has 0 spiro atoms. The van der Waals surface area contributed by atoms with Crippen LogP contribution in [0.15, 0.2) is 23.2 Å². The van der Waals surface area contributed by atoms with E-state index in [9.17, 15) is 12.6 Å². The van der Waals surface area contributed by atoms with Gasteiger partial charge in [-0.2, -0.15) is 0 Å². The fourth-order valence-corrected chi connectivity index (χ4v) is 2.62. The Balaban J connectivity index is 2.76. The number of nitrogens with one attached hydrogen (secondary N) is 1. The number of aromatic nitrogens is 1. The third-order valence-electron chi connectivity index (χ3n) is 2.44. The van der Waals surface area contributed by atoms with Crippen LogP contribution in [0.25, 0.3) is 0 Å². The number of nitrogens with zero attached hydrogens (tertiary/aromatic N) is 1.